The largest absolute Gasteiger partial charge is 0.354 e. The van der Waals surface area contributed by atoms with Gasteiger partial charge in [0.25, 0.3) is 0 Å². The van der Waals surface area contributed by atoms with Gasteiger partial charge in [0.2, 0.25) is 5.91 Å². The lowest BCUT2D eigenvalue weighted by Gasteiger charge is -2.45. The number of carbonyl (C=O) groups is 1. The minimum absolute atomic E-state index is 0.171. The van der Waals surface area contributed by atoms with Gasteiger partial charge in [-0.15, -0.1) is 0 Å². The molecule has 25 heavy (non-hydrogen) atoms. The summed E-state index contributed by atoms with van der Waals surface area (Å²) in [5.74, 6) is 0.171. The highest BCUT2D eigenvalue weighted by atomic mass is 32.2. The lowest BCUT2D eigenvalue weighted by atomic mass is 9.85. The lowest BCUT2D eigenvalue weighted by Crippen LogP contribution is -2.60. The molecule has 0 aliphatic carbocycles. The average Bonchev–Trinajstić information content (AvgIpc) is 2.70. The van der Waals surface area contributed by atoms with E-state index in [-0.39, 0.29) is 11.4 Å². The highest BCUT2D eigenvalue weighted by Crippen LogP contribution is 2.30. The summed E-state index contributed by atoms with van der Waals surface area (Å²) in [6.45, 7) is 4.23. The van der Waals surface area contributed by atoms with Crippen LogP contribution in [0.3, 0.4) is 0 Å². The van der Waals surface area contributed by atoms with E-state index < -0.39 is 9.84 Å². The van der Waals surface area contributed by atoms with Crippen LogP contribution in [0.2, 0.25) is 0 Å². The molecule has 2 fully saturated rings. The van der Waals surface area contributed by atoms with Crippen molar-refractivity contribution in [3.8, 4) is 0 Å². The summed E-state index contributed by atoms with van der Waals surface area (Å²) in [5, 5.41) is 3.06. The second-order valence-corrected chi connectivity index (χ2v) is 9.27. The molecule has 2 saturated heterocycles. The second-order valence-electron chi connectivity index (χ2n) is 7.25. The number of hydrogen-bond acceptors (Lipinski definition) is 5. The van der Waals surface area contributed by atoms with Crippen molar-refractivity contribution in [1.82, 2.24) is 15.1 Å². The summed E-state index contributed by atoms with van der Waals surface area (Å²) in [6, 6.07) is 7.10. The number of piperidine rings is 1. The number of hydrogen-bond donors (Lipinski definition) is 1. The quantitative estimate of drug-likeness (QED) is 0.861. The fourth-order valence-corrected chi connectivity index (χ4v) is 4.49. The van der Waals surface area contributed by atoms with E-state index in [2.05, 4.69) is 22.2 Å². The molecule has 0 saturated carbocycles. The molecule has 1 aromatic carbocycles. The highest BCUT2D eigenvalue weighted by molar-refractivity contribution is 7.90. The average molecular weight is 365 g/mol. The first-order valence-corrected chi connectivity index (χ1v) is 10.7. The van der Waals surface area contributed by atoms with Gasteiger partial charge in [0, 0.05) is 39.0 Å². The molecule has 2 heterocycles. The number of likely N-dealkylation sites (tertiary alicyclic amines) is 1. The van der Waals surface area contributed by atoms with Crippen LogP contribution in [-0.2, 0) is 21.2 Å². The van der Waals surface area contributed by atoms with Crippen LogP contribution >= 0.6 is 0 Å². The van der Waals surface area contributed by atoms with Crippen LogP contribution in [-0.4, -0.2) is 69.1 Å². The molecule has 138 valence electrons. The number of benzene rings is 1. The first kappa shape index (κ1) is 18.4. The van der Waals surface area contributed by atoms with E-state index in [9.17, 15) is 13.2 Å². The molecule has 7 heteroatoms. The van der Waals surface area contributed by atoms with E-state index in [1.807, 2.05) is 12.1 Å². The van der Waals surface area contributed by atoms with E-state index in [0.717, 1.165) is 57.5 Å². The summed E-state index contributed by atoms with van der Waals surface area (Å²) in [7, 11) is -1.09. The van der Waals surface area contributed by atoms with Crippen molar-refractivity contribution < 1.29 is 13.2 Å². The molecule has 0 aromatic heterocycles. The Balaban J connectivity index is 1.63. The number of amides is 1. The van der Waals surface area contributed by atoms with Gasteiger partial charge in [-0.3, -0.25) is 14.6 Å². The Hall–Kier alpha value is -1.44. The van der Waals surface area contributed by atoms with E-state index in [1.165, 1.54) is 6.26 Å². The number of nitrogens with zero attached hydrogens (tertiary/aromatic N) is 2. The molecule has 6 nitrogen and oxygen atoms in total. The van der Waals surface area contributed by atoms with Crippen LogP contribution in [0.1, 0.15) is 24.8 Å². The lowest BCUT2D eigenvalue weighted by molar-refractivity contribution is -0.134. The van der Waals surface area contributed by atoms with E-state index in [4.69, 9.17) is 0 Å². The zero-order valence-electron chi connectivity index (χ0n) is 15.0. The van der Waals surface area contributed by atoms with Gasteiger partial charge < -0.3 is 5.32 Å². The van der Waals surface area contributed by atoms with E-state index >= 15 is 0 Å². The van der Waals surface area contributed by atoms with Crippen molar-refractivity contribution in [1.29, 1.82) is 0 Å². The second kappa shape index (κ2) is 7.05. The van der Waals surface area contributed by atoms with Crippen LogP contribution in [0.5, 0.6) is 0 Å². The number of carbonyl (C=O) groups excluding carboxylic acids is 1. The summed E-state index contributed by atoms with van der Waals surface area (Å²) in [6.07, 6.45) is 3.88. The molecule has 2 aliphatic heterocycles. The van der Waals surface area contributed by atoms with Crippen molar-refractivity contribution in [3.63, 3.8) is 0 Å². The number of nitrogens with one attached hydrogen (secondary N) is 1. The number of likely N-dealkylation sites (N-methyl/N-ethyl adjacent to an activating group) is 1. The van der Waals surface area contributed by atoms with Crippen LogP contribution in [0.4, 0.5) is 0 Å². The molecule has 0 bridgehead atoms. The van der Waals surface area contributed by atoms with Crippen molar-refractivity contribution >= 4 is 15.7 Å². The monoisotopic (exact) mass is 365 g/mol. The van der Waals surface area contributed by atoms with E-state index in [1.54, 1.807) is 12.1 Å². The molecule has 1 amide bonds. The smallest absolute Gasteiger partial charge is 0.240 e. The van der Waals surface area contributed by atoms with Crippen LogP contribution in [0, 0.1) is 0 Å². The summed E-state index contributed by atoms with van der Waals surface area (Å²) >= 11 is 0. The normalized spacial score (nSPS) is 22.6. The number of sulfone groups is 1. The van der Waals surface area contributed by atoms with Gasteiger partial charge in [-0.05, 0) is 44.0 Å². The van der Waals surface area contributed by atoms with Crippen LogP contribution in [0.25, 0.3) is 0 Å². The molecule has 0 atom stereocenters. The first-order valence-electron chi connectivity index (χ1n) is 8.82. The molecule has 1 spiro atoms. The maximum absolute atomic E-state index is 12.6. The van der Waals surface area contributed by atoms with Crippen molar-refractivity contribution in [2.45, 2.75) is 36.2 Å². The third-order valence-electron chi connectivity index (χ3n) is 5.55. The molecular weight excluding hydrogens is 338 g/mol. The fraction of sp³-hybridized carbons (Fsp3) is 0.611. The Labute approximate surface area is 150 Å². The molecule has 1 N–H and O–H groups in total. The van der Waals surface area contributed by atoms with Gasteiger partial charge in [0.15, 0.2) is 9.84 Å². The van der Waals surface area contributed by atoms with Gasteiger partial charge in [-0.25, -0.2) is 8.42 Å². The third kappa shape index (κ3) is 3.88. The Bertz CT molecular complexity index is 722. The van der Waals surface area contributed by atoms with Gasteiger partial charge in [-0.2, -0.15) is 0 Å². The standard InChI is InChI=1S/C18H27N3O3S/c1-20-11-3-10-19-17(22)18(20)8-12-21(13-9-18)14-15-4-6-16(7-5-15)25(2,23)24/h4-7H,3,8-14H2,1-2H3,(H,19,22). The first-order chi connectivity index (χ1) is 11.8. The van der Waals surface area contributed by atoms with Crippen LogP contribution < -0.4 is 5.32 Å². The molecule has 0 radical (unpaired) electrons. The summed E-state index contributed by atoms with van der Waals surface area (Å²) in [5.41, 5.74) is 0.731. The molecule has 0 unspecified atom stereocenters. The SMILES string of the molecule is CN1CCCNC(=O)C12CCN(Cc1ccc(S(C)(=O)=O)cc1)CC2. The molecular formula is C18H27N3O3S. The van der Waals surface area contributed by atoms with Gasteiger partial charge in [0.1, 0.15) is 5.54 Å². The number of rotatable bonds is 3. The Morgan fingerprint density at radius 2 is 1.76 bits per heavy atom. The predicted molar refractivity (Wildman–Crippen MR) is 97.1 cm³/mol. The van der Waals surface area contributed by atoms with Crippen molar-refractivity contribution in [3.05, 3.63) is 29.8 Å². The zero-order chi connectivity index (χ0) is 18.1. The summed E-state index contributed by atoms with van der Waals surface area (Å²) < 4.78 is 23.1. The topological polar surface area (TPSA) is 69.7 Å². The third-order valence-corrected chi connectivity index (χ3v) is 6.68. The Kier molecular flexibility index (Phi) is 5.18. The van der Waals surface area contributed by atoms with Crippen molar-refractivity contribution in [2.75, 3.05) is 39.5 Å². The summed E-state index contributed by atoms with van der Waals surface area (Å²) in [4.78, 5) is 17.5. The van der Waals surface area contributed by atoms with Gasteiger partial charge in [-0.1, -0.05) is 12.1 Å². The maximum atomic E-state index is 12.6. The van der Waals surface area contributed by atoms with Crippen molar-refractivity contribution in [2.24, 2.45) is 0 Å². The zero-order valence-corrected chi connectivity index (χ0v) is 15.8. The fourth-order valence-electron chi connectivity index (χ4n) is 3.86. The van der Waals surface area contributed by atoms with Gasteiger partial charge in [0.05, 0.1) is 4.90 Å². The minimum atomic E-state index is -3.15. The molecule has 3 rings (SSSR count). The van der Waals surface area contributed by atoms with Gasteiger partial charge >= 0.3 is 0 Å². The van der Waals surface area contributed by atoms with Crippen LogP contribution in [0.15, 0.2) is 29.2 Å². The van der Waals surface area contributed by atoms with E-state index in [0.29, 0.717) is 4.90 Å². The molecule has 1 aromatic rings. The Morgan fingerprint density at radius 1 is 1.12 bits per heavy atom. The maximum Gasteiger partial charge on any atom is 0.240 e. The Morgan fingerprint density at radius 3 is 2.36 bits per heavy atom. The highest BCUT2D eigenvalue weighted by Gasteiger charge is 2.45. The molecule has 2 aliphatic rings. The minimum Gasteiger partial charge on any atom is -0.354 e. The predicted octanol–water partition coefficient (Wildman–Crippen LogP) is 0.876.